The molecule has 0 saturated carbocycles. The van der Waals surface area contributed by atoms with E-state index < -0.39 is 20.4 Å². The maximum absolute atomic E-state index is 12.4. The summed E-state index contributed by atoms with van der Waals surface area (Å²) in [4.78, 5) is 24.0. The van der Waals surface area contributed by atoms with Gasteiger partial charge in [-0.05, 0) is 61.9 Å². The normalized spacial score (nSPS) is 18.5. The van der Waals surface area contributed by atoms with Crippen LogP contribution in [0.15, 0.2) is 29.5 Å². The molecule has 5 heteroatoms. The van der Waals surface area contributed by atoms with Crippen LogP contribution in [-0.2, 0) is 14.0 Å². The van der Waals surface area contributed by atoms with Crippen molar-refractivity contribution in [3.63, 3.8) is 0 Å². The fourth-order valence-electron chi connectivity index (χ4n) is 4.03. The lowest BCUT2D eigenvalue weighted by molar-refractivity contribution is -0.143. The van der Waals surface area contributed by atoms with Crippen molar-refractivity contribution in [2.24, 2.45) is 11.8 Å². The fraction of sp³-hybridized carbons (Fsp3) is 0.750. The van der Waals surface area contributed by atoms with Crippen molar-refractivity contribution in [1.82, 2.24) is 0 Å². The van der Waals surface area contributed by atoms with Gasteiger partial charge < -0.3 is 9.53 Å². The first-order valence-corrected chi connectivity index (χ1v) is 15.8. The van der Waals surface area contributed by atoms with Gasteiger partial charge in [0.15, 0.2) is 14.4 Å². The molecule has 0 bridgehead atoms. The first kappa shape index (κ1) is 29.6. The second-order valence-corrected chi connectivity index (χ2v) is 16.0. The van der Waals surface area contributed by atoms with Gasteiger partial charge in [0.2, 0.25) is 0 Å². The minimum absolute atomic E-state index is 0.0252. The summed E-state index contributed by atoms with van der Waals surface area (Å²) in [5.74, 6) is 0.123. The molecule has 0 aromatic rings. The van der Waals surface area contributed by atoms with Crippen molar-refractivity contribution in [3.05, 3.63) is 29.5 Å². The Morgan fingerprint density at radius 3 is 2.55 bits per heavy atom. The molecule has 33 heavy (non-hydrogen) atoms. The number of carboxylic acid groups (broad SMARTS) is 1. The van der Waals surface area contributed by atoms with E-state index in [1.807, 2.05) is 19.2 Å². The molecular weight excluding hydrogens is 428 g/mol. The molecule has 1 aliphatic rings. The molecule has 0 fully saturated rings. The highest BCUT2D eigenvalue weighted by atomic mass is 28.4. The van der Waals surface area contributed by atoms with Crippen LogP contribution in [0.5, 0.6) is 0 Å². The number of ketones is 1. The monoisotopic (exact) mass is 476 g/mol. The molecule has 4 nitrogen and oxygen atoms in total. The second-order valence-electron chi connectivity index (χ2n) is 11.2. The van der Waals surface area contributed by atoms with Crippen LogP contribution in [0.1, 0.15) is 98.8 Å². The smallest absolute Gasteiger partial charge is 0.336 e. The van der Waals surface area contributed by atoms with Crippen LogP contribution in [0, 0.1) is 11.8 Å². The Kier molecular flexibility index (Phi) is 12.6. The van der Waals surface area contributed by atoms with E-state index in [1.165, 1.54) is 43.8 Å². The lowest BCUT2D eigenvalue weighted by Crippen LogP contribution is -2.45. The zero-order valence-corrected chi connectivity index (χ0v) is 23.2. The fourth-order valence-corrected chi connectivity index (χ4v) is 5.18. The van der Waals surface area contributed by atoms with Crippen LogP contribution in [0.25, 0.3) is 0 Å². The Hall–Kier alpha value is -1.42. The Labute approximate surface area is 203 Å². The average Bonchev–Trinajstić information content (AvgIpc) is 3.05. The minimum atomic E-state index is -2.19. The van der Waals surface area contributed by atoms with Gasteiger partial charge in [0.1, 0.15) is 5.78 Å². The van der Waals surface area contributed by atoms with Gasteiger partial charge in [-0.25, -0.2) is 4.79 Å². The molecule has 0 aliphatic heterocycles. The first-order chi connectivity index (χ1) is 15.4. The van der Waals surface area contributed by atoms with Gasteiger partial charge in [0.05, 0.1) is 0 Å². The molecule has 3 atom stereocenters. The van der Waals surface area contributed by atoms with E-state index in [9.17, 15) is 14.7 Å². The zero-order chi connectivity index (χ0) is 25.1. The van der Waals surface area contributed by atoms with Crippen LogP contribution in [0.2, 0.25) is 18.1 Å². The summed E-state index contributed by atoms with van der Waals surface area (Å²) >= 11 is 0. The van der Waals surface area contributed by atoms with E-state index in [-0.39, 0.29) is 11.0 Å². The van der Waals surface area contributed by atoms with Crippen molar-refractivity contribution in [1.29, 1.82) is 0 Å². The van der Waals surface area contributed by atoms with Gasteiger partial charge in [0.25, 0.3) is 0 Å². The Morgan fingerprint density at radius 2 is 1.94 bits per heavy atom. The number of rotatable bonds is 15. The SMILES string of the molecule is CCCCCC(C)CCCC1=CCC(=O)[C@@H]1CCC=C=CC(O[Si](C)(C)C(C)(C)C)C(=O)O. The predicted molar refractivity (Wildman–Crippen MR) is 140 cm³/mol. The molecule has 2 unspecified atom stereocenters. The third-order valence-electron chi connectivity index (χ3n) is 7.30. The molecule has 0 amide bonds. The largest absolute Gasteiger partial charge is 0.479 e. The van der Waals surface area contributed by atoms with Crippen LogP contribution in [-0.4, -0.2) is 31.3 Å². The molecule has 188 valence electrons. The highest BCUT2D eigenvalue weighted by Gasteiger charge is 2.40. The van der Waals surface area contributed by atoms with Gasteiger partial charge in [-0.1, -0.05) is 78.4 Å². The van der Waals surface area contributed by atoms with Crippen molar-refractivity contribution in [2.45, 2.75) is 123 Å². The number of unbranched alkanes of at least 4 members (excludes halogenated alkanes) is 2. The minimum Gasteiger partial charge on any atom is -0.479 e. The van der Waals surface area contributed by atoms with E-state index in [0.717, 1.165) is 25.2 Å². The lowest BCUT2D eigenvalue weighted by Gasteiger charge is -2.37. The third kappa shape index (κ3) is 10.6. The molecular formula is C28H48O4Si. The molecule has 0 aromatic carbocycles. The summed E-state index contributed by atoms with van der Waals surface area (Å²) in [6, 6.07) is 0. The van der Waals surface area contributed by atoms with Crippen molar-refractivity contribution in [2.75, 3.05) is 0 Å². The van der Waals surface area contributed by atoms with E-state index in [1.54, 1.807) is 0 Å². The number of carbonyl (C=O) groups excluding carboxylic acids is 1. The molecule has 1 N–H and O–H groups in total. The van der Waals surface area contributed by atoms with Gasteiger partial charge in [-0.3, -0.25) is 4.79 Å². The van der Waals surface area contributed by atoms with Crippen LogP contribution < -0.4 is 0 Å². The topological polar surface area (TPSA) is 63.6 Å². The second kappa shape index (κ2) is 14.1. The van der Waals surface area contributed by atoms with Gasteiger partial charge in [-0.2, -0.15) is 0 Å². The number of Topliss-reactive ketones (excluding diaryl/α,β-unsaturated/α-hetero) is 1. The highest BCUT2D eigenvalue weighted by Crippen LogP contribution is 2.37. The maximum atomic E-state index is 12.4. The van der Waals surface area contributed by atoms with Crippen molar-refractivity contribution >= 4 is 20.1 Å². The predicted octanol–water partition coefficient (Wildman–Crippen LogP) is 7.86. The summed E-state index contributed by atoms with van der Waals surface area (Å²) < 4.78 is 6.01. The maximum Gasteiger partial charge on any atom is 0.336 e. The van der Waals surface area contributed by atoms with E-state index in [2.05, 4.69) is 46.4 Å². The van der Waals surface area contributed by atoms with E-state index in [4.69, 9.17) is 4.43 Å². The number of hydrogen-bond acceptors (Lipinski definition) is 3. The zero-order valence-electron chi connectivity index (χ0n) is 22.2. The number of carbonyl (C=O) groups is 2. The van der Waals surface area contributed by atoms with Gasteiger partial charge in [0, 0.05) is 12.3 Å². The standard InChI is InChI=1S/C28H48O4Si/c1-8-9-11-15-22(2)16-14-17-23-20-21-25(29)24(23)18-12-10-13-19-26(27(30)31)32-33(6,7)28(3,4)5/h10,19-20,22,24,26H,8-9,11-12,14-18,21H2,1-7H3,(H,30,31)/t13?,22?,24-,26?/m1/s1. The van der Waals surface area contributed by atoms with E-state index >= 15 is 0 Å². The number of allylic oxidation sites excluding steroid dienone is 2. The summed E-state index contributed by atoms with van der Waals surface area (Å²) in [6.07, 6.45) is 15.2. The summed E-state index contributed by atoms with van der Waals surface area (Å²) in [5, 5.41) is 9.48. The quantitative estimate of drug-likeness (QED) is 0.113. The molecule has 1 rings (SSSR count). The summed E-state index contributed by atoms with van der Waals surface area (Å²) in [6.45, 7) is 15.0. The molecule has 0 saturated heterocycles. The summed E-state index contributed by atoms with van der Waals surface area (Å²) in [7, 11) is -2.19. The van der Waals surface area contributed by atoms with E-state index in [0.29, 0.717) is 18.6 Å². The van der Waals surface area contributed by atoms with Crippen LogP contribution >= 0.6 is 0 Å². The first-order valence-electron chi connectivity index (χ1n) is 12.9. The third-order valence-corrected chi connectivity index (χ3v) is 11.8. The highest BCUT2D eigenvalue weighted by molar-refractivity contribution is 6.74. The average molecular weight is 477 g/mol. The van der Waals surface area contributed by atoms with Crippen LogP contribution in [0.3, 0.4) is 0 Å². The molecule has 0 aromatic heterocycles. The van der Waals surface area contributed by atoms with Crippen molar-refractivity contribution < 1.29 is 19.1 Å². The van der Waals surface area contributed by atoms with Gasteiger partial charge >= 0.3 is 5.97 Å². The molecule has 0 spiro atoms. The Balaban J connectivity index is 2.55. The molecule has 1 aliphatic carbocycles. The lowest BCUT2D eigenvalue weighted by atomic mass is 9.90. The van der Waals surface area contributed by atoms with Crippen molar-refractivity contribution in [3.8, 4) is 0 Å². The van der Waals surface area contributed by atoms with Gasteiger partial charge in [-0.15, -0.1) is 5.73 Å². The molecule has 0 radical (unpaired) electrons. The Morgan fingerprint density at radius 1 is 1.27 bits per heavy atom. The summed E-state index contributed by atoms with van der Waals surface area (Å²) in [5.41, 5.74) is 4.32. The van der Waals surface area contributed by atoms with Crippen LogP contribution in [0.4, 0.5) is 0 Å². The number of carboxylic acids is 1. The number of hydrogen-bond donors (Lipinski definition) is 1. The Bertz CT molecular complexity index is 723. The molecule has 0 heterocycles. The number of aliphatic carboxylic acids is 1.